The van der Waals surface area contributed by atoms with Crippen LogP contribution in [-0.4, -0.2) is 25.8 Å². The Morgan fingerprint density at radius 3 is 2.47 bits per heavy atom. The lowest BCUT2D eigenvalue weighted by molar-refractivity contribution is -0.115. The predicted octanol–water partition coefficient (Wildman–Crippen LogP) is 4.06. The zero-order valence-electron chi connectivity index (χ0n) is 15.6. The van der Waals surface area contributed by atoms with Crippen molar-refractivity contribution < 1.29 is 13.6 Å². The molecule has 0 saturated heterocycles. The molecule has 0 saturated carbocycles. The minimum absolute atomic E-state index is 0.00719. The zero-order chi connectivity index (χ0) is 20.9. The van der Waals surface area contributed by atoms with Crippen molar-refractivity contribution in [3.05, 3.63) is 90.6 Å². The summed E-state index contributed by atoms with van der Waals surface area (Å²) in [7, 11) is 0. The van der Waals surface area contributed by atoms with Gasteiger partial charge in [-0.2, -0.15) is 4.39 Å². The van der Waals surface area contributed by atoms with Gasteiger partial charge in [0.05, 0.1) is 12.1 Å². The first kappa shape index (κ1) is 19.3. The summed E-state index contributed by atoms with van der Waals surface area (Å²) in [6.07, 6.45) is 5.84. The van der Waals surface area contributed by atoms with Crippen LogP contribution in [0.15, 0.2) is 73.3 Å². The molecule has 0 fully saturated rings. The number of aromatic nitrogens is 4. The van der Waals surface area contributed by atoms with Gasteiger partial charge in [0.25, 0.3) is 0 Å². The van der Waals surface area contributed by atoms with E-state index in [4.69, 9.17) is 0 Å². The Morgan fingerprint density at radius 2 is 1.77 bits per heavy atom. The fourth-order valence-electron chi connectivity index (χ4n) is 2.86. The van der Waals surface area contributed by atoms with E-state index in [1.165, 1.54) is 24.5 Å². The summed E-state index contributed by atoms with van der Waals surface area (Å²) in [5.74, 6) is -1.36. The first-order chi connectivity index (χ1) is 14.6. The molecule has 6 nitrogen and oxygen atoms in total. The van der Waals surface area contributed by atoms with E-state index in [1.807, 2.05) is 18.2 Å². The maximum atomic E-state index is 14.4. The highest BCUT2D eigenvalue weighted by atomic mass is 19.1. The molecular formula is C22H15F2N5O. The van der Waals surface area contributed by atoms with Gasteiger partial charge in [0.15, 0.2) is 0 Å². The minimum atomic E-state index is -0.723. The number of halogens is 2. The molecule has 0 bridgehead atoms. The molecule has 4 aromatic rings. The quantitative estimate of drug-likeness (QED) is 0.508. The fraction of sp³-hybridized carbons (Fsp3) is 0.0455. The van der Waals surface area contributed by atoms with E-state index in [-0.39, 0.29) is 23.6 Å². The van der Waals surface area contributed by atoms with Gasteiger partial charge in [0.1, 0.15) is 17.3 Å². The van der Waals surface area contributed by atoms with Crippen molar-refractivity contribution in [1.29, 1.82) is 0 Å². The van der Waals surface area contributed by atoms with Gasteiger partial charge in [0.2, 0.25) is 11.9 Å². The smallest absolute Gasteiger partial charge is 0.230 e. The molecule has 1 amide bonds. The third-order valence-electron chi connectivity index (χ3n) is 4.25. The first-order valence-corrected chi connectivity index (χ1v) is 9.02. The van der Waals surface area contributed by atoms with E-state index in [9.17, 15) is 13.6 Å². The Kier molecular flexibility index (Phi) is 5.47. The number of nitrogens with zero attached hydrogens (tertiary/aromatic N) is 4. The molecular weight excluding hydrogens is 388 g/mol. The van der Waals surface area contributed by atoms with Gasteiger partial charge in [-0.05, 0) is 42.0 Å². The highest BCUT2D eigenvalue weighted by Crippen LogP contribution is 2.21. The molecule has 4 rings (SSSR count). The minimum Gasteiger partial charge on any atom is -0.310 e. The Bertz CT molecular complexity index is 1180. The van der Waals surface area contributed by atoms with E-state index < -0.39 is 11.8 Å². The Balaban J connectivity index is 1.42. The number of carbonyl (C=O) groups is 1. The summed E-state index contributed by atoms with van der Waals surface area (Å²) >= 11 is 0. The third-order valence-corrected chi connectivity index (χ3v) is 4.25. The van der Waals surface area contributed by atoms with Gasteiger partial charge < -0.3 is 5.32 Å². The van der Waals surface area contributed by atoms with E-state index in [2.05, 4.69) is 25.3 Å². The maximum absolute atomic E-state index is 14.4. The Hall–Kier alpha value is -4.07. The van der Waals surface area contributed by atoms with E-state index >= 15 is 0 Å². The van der Waals surface area contributed by atoms with Gasteiger partial charge in [-0.25, -0.2) is 14.4 Å². The zero-order valence-corrected chi connectivity index (χ0v) is 15.6. The molecule has 0 aliphatic rings. The average Bonchev–Trinajstić information content (AvgIpc) is 2.75. The van der Waals surface area contributed by atoms with Crippen LogP contribution in [0.5, 0.6) is 0 Å². The van der Waals surface area contributed by atoms with Gasteiger partial charge in [0, 0.05) is 42.0 Å². The topological polar surface area (TPSA) is 80.7 Å². The first-order valence-electron chi connectivity index (χ1n) is 9.02. The van der Waals surface area contributed by atoms with Crippen molar-refractivity contribution in [1.82, 2.24) is 19.9 Å². The van der Waals surface area contributed by atoms with E-state index in [0.717, 1.165) is 17.3 Å². The second-order valence-corrected chi connectivity index (χ2v) is 6.41. The molecule has 4 aromatic heterocycles. The average molecular weight is 403 g/mol. The van der Waals surface area contributed by atoms with Gasteiger partial charge in [-0.1, -0.05) is 6.07 Å². The molecule has 148 valence electrons. The van der Waals surface area contributed by atoms with E-state index in [0.29, 0.717) is 11.4 Å². The van der Waals surface area contributed by atoms with Crippen molar-refractivity contribution in [2.45, 2.75) is 6.42 Å². The second-order valence-electron chi connectivity index (χ2n) is 6.41. The molecule has 30 heavy (non-hydrogen) atoms. The molecule has 0 spiro atoms. The van der Waals surface area contributed by atoms with Gasteiger partial charge in [-0.15, -0.1) is 0 Å². The number of rotatable bonds is 5. The molecule has 0 unspecified atom stereocenters. The maximum Gasteiger partial charge on any atom is 0.230 e. The van der Waals surface area contributed by atoms with Crippen molar-refractivity contribution in [2.24, 2.45) is 0 Å². The van der Waals surface area contributed by atoms with Crippen LogP contribution in [-0.2, 0) is 11.2 Å². The predicted molar refractivity (Wildman–Crippen MR) is 107 cm³/mol. The monoisotopic (exact) mass is 403 g/mol. The van der Waals surface area contributed by atoms with Crippen LogP contribution in [0, 0.1) is 11.8 Å². The summed E-state index contributed by atoms with van der Waals surface area (Å²) in [4.78, 5) is 28.2. The fourth-order valence-corrected chi connectivity index (χ4v) is 2.86. The summed E-state index contributed by atoms with van der Waals surface area (Å²) in [5, 5.41) is 2.66. The normalized spacial score (nSPS) is 10.6. The van der Waals surface area contributed by atoms with Crippen LogP contribution in [0.1, 0.15) is 5.56 Å². The lowest BCUT2D eigenvalue weighted by atomic mass is 10.1. The molecule has 4 heterocycles. The molecule has 0 aliphatic heterocycles. The molecule has 8 heteroatoms. The summed E-state index contributed by atoms with van der Waals surface area (Å²) in [6.45, 7) is 0. The Morgan fingerprint density at radius 1 is 0.867 bits per heavy atom. The number of hydrogen-bond donors (Lipinski definition) is 1. The van der Waals surface area contributed by atoms with E-state index in [1.54, 1.807) is 24.5 Å². The SMILES string of the molecule is O=C(Cc1cnc(-c2ccnc(F)c2)c(F)c1)Nc1ccc(-c2ccccn2)cn1. The number of hydrogen-bond acceptors (Lipinski definition) is 5. The van der Waals surface area contributed by atoms with Crippen LogP contribution in [0.25, 0.3) is 22.5 Å². The molecule has 0 aliphatic carbocycles. The number of amides is 1. The van der Waals surface area contributed by atoms with Crippen LogP contribution in [0.3, 0.4) is 0 Å². The van der Waals surface area contributed by atoms with Crippen molar-refractivity contribution in [3.63, 3.8) is 0 Å². The molecule has 1 N–H and O–H groups in total. The highest BCUT2D eigenvalue weighted by molar-refractivity contribution is 5.91. The van der Waals surface area contributed by atoms with Crippen molar-refractivity contribution in [2.75, 3.05) is 5.32 Å². The second kappa shape index (κ2) is 8.52. The summed E-state index contributed by atoms with van der Waals surface area (Å²) in [5.41, 5.74) is 2.25. The Labute approximate surface area is 170 Å². The third kappa shape index (κ3) is 4.49. The number of carbonyl (C=O) groups excluding carboxylic acids is 1. The van der Waals surface area contributed by atoms with Crippen molar-refractivity contribution in [3.8, 4) is 22.5 Å². The van der Waals surface area contributed by atoms with Crippen LogP contribution < -0.4 is 5.32 Å². The molecule has 0 aromatic carbocycles. The standard InChI is InChI=1S/C22H15F2N5O/c23-17-9-14(12-28-22(17)15-6-8-26-19(24)11-15)10-21(30)29-20-5-4-16(13-27-20)18-3-1-2-7-25-18/h1-9,11-13H,10H2,(H,27,29,30). The lowest BCUT2D eigenvalue weighted by Crippen LogP contribution is -2.15. The molecule has 0 radical (unpaired) electrons. The number of pyridine rings is 4. The number of anilines is 1. The summed E-state index contributed by atoms with van der Waals surface area (Å²) < 4.78 is 27.6. The number of nitrogens with one attached hydrogen (secondary N) is 1. The largest absolute Gasteiger partial charge is 0.310 e. The van der Waals surface area contributed by atoms with Crippen LogP contribution in [0.2, 0.25) is 0 Å². The highest BCUT2D eigenvalue weighted by Gasteiger charge is 2.12. The lowest BCUT2D eigenvalue weighted by Gasteiger charge is -2.07. The van der Waals surface area contributed by atoms with Gasteiger partial charge >= 0.3 is 0 Å². The van der Waals surface area contributed by atoms with Crippen molar-refractivity contribution >= 4 is 11.7 Å². The van der Waals surface area contributed by atoms with Crippen LogP contribution in [0.4, 0.5) is 14.6 Å². The molecule has 0 atom stereocenters. The summed E-state index contributed by atoms with van der Waals surface area (Å²) in [6, 6.07) is 12.8. The van der Waals surface area contributed by atoms with Crippen LogP contribution >= 0.6 is 0 Å². The van der Waals surface area contributed by atoms with Gasteiger partial charge in [-0.3, -0.25) is 14.8 Å².